The highest BCUT2D eigenvalue weighted by Gasteiger charge is 2.37. The number of aliphatic carboxylic acids is 1. The molecule has 0 unspecified atom stereocenters. The number of hydrogen-bond acceptors (Lipinski definition) is 7. The average Bonchev–Trinajstić information content (AvgIpc) is 2.44. The first-order valence-electron chi connectivity index (χ1n) is 7.18. The van der Waals surface area contributed by atoms with Crippen molar-refractivity contribution >= 4 is 23.5 Å². The summed E-state index contributed by atoms with van der Waals surface area (Å²) in [6, 6.07) is 0. The first-order valence-corrected chi connectivity index (χ1v) is 8.00. The van der Waals surface area contributed by atoms with Crippen LogP contribution in [-0.4, -0.2) is 31.7 Å². The van der Waals surface area contributed by atoms with Gasteiger partial charge in [0.1, 0.15) is 5.69 Å². The number of carbonyl (C=O) groups is 2. The second kappa shape index (κ2) is 5.48. The van der Waals surface area contributed by atoms with E-state index in [4.69, 9.17) is 5.11 Å². The Kier molecular flexibility index (Phi) is 3.75. The van der Waals surface area contributed by atoms with Crippen LogP contribution in [0.1, 0.15) is 38.8 Å². The number of nitrogens with zero attached hydrogens (tertiary/aromatic N) is 3. The third kappa shape index (κ3) is 3.00. The van der Waals surface area contributed by atoms with Crippen LogP contribution in [0, 0.1) is 5.41 Å². The molecule has 1 aromatic rings. The fourth-order valence-electron chi connectivity index (χ4n) is 2.69. The topological polar surface area (TPSA) is 114 Å². The van der Waals surface area contributed by atoms with Gasteiger partial charge in [-0.05, 0) is 23.6 Å². The van der Waals surface area contributed by atoms with E-state index in [0.29, 0.717) is 28.6 Å². The number of hydrogen-bond donors (Lipinski definition) is 2. The molecule has 23 heavy (non-hydrogen) atoms. The number of allylic oxidation sites excluding steroid dienone is 2. The van der Waals surface area contributed by atoms with Gasteiger partial charge in [0.15, 0.2) is 5.78 Å². The highest BCUT2D eigenvalue weighted by molar-refractivity contribution is 8.04. The molecule has 3 rings (SSSR count). The highest BCUT2D eigenvalue weighted by atomic mass is 32.2. The minimum absolute atomic E-state index is 0.0180. The van der Waals surface area contributed by atoms with Gasteiger partial charge in [-0.2, -0.15) is 4.68 Å². The maximum atomic E-state index is 12.4. The number of Topliss-reactive ketones (excluding diaryl/α,β-unsaturated/α-hetero) is 1. The van der Waals surface area contributed by atoms with E-state index in [2.05, 4.69) is 15.6 Å². The summed E-state index contributed by atoms with van der Waals surface area (Å²) >= 11 is 1.14. The highest BCUT2D eigenvalue weighted by Crippen LogP contribution is 2.43. The summed E-state index contributed by atoms with van der Waals surface area (Å²) in [6.07, 6.45) is 0.939. The monoisotopic (exact) mass is 336 g/mol. The standard InChI is InChI=1S/C14H16N4O4S/c1-14(2)5-8-11(9(19)6-14)23-13-16-15-7(3-4-10(20)21)12(22)18(13)17-8/h17H,3-6H2,1-2H3,(H,20,21). The molecule has 0 saturated heterocycles. The number of aryl methyl sites for hydroxylation is 1. The van der Waals surface area contributed by atoms with Crippen LogP contribution >= 0.6 is 11.8 Å². The predicted octanol–water partition coefficient (Wildman–Crippen LogP) is 0.905. The molecule has 0 amide bonds. The molecule has 0 spiro atoms. The molecule has 2 aliphatic rings. The molecule has 0 radical (unpaired) electrons. The van der Waals surface area contributed by atoms with Gasteiger partial charge in [0.05, 0.1) is 17.0 Å². The fraction of sp³-hybridized carbons (Fsp3) is 0.500. The fourth-order valence-corrected chi connectivity index (χ4v) is 3.60. The van der Waals surface area contributed by atoms with Crippen molar-refractivity contribution in [3.05, 3.63) is 26.6 Å². The molecule has 2 heterocycles. The lowest BCUT2D eigenvalue weighted by atomic mass is 9.79. The number of thioether (sulfide) groups is 1. The third-order valence-electron chi connectivity index (χ3n) is 3.74. The van der Waals surface area contributed by atoms with Crippen molar-refractivity contribution < 1.29 is 14.7 Å². The number of carboxylic acid groups (broad SMARTS) is 1. The maximum absolute atomic E-state index is 12.4. The lowest BCUT2D eigenvalue weighted by Crippen LogP contribution is -2.40. The van der Waals surface area contributed by atoms with E-state index in [9.17, 15) is 14.4 Å². The first-order chi connectivity index (χ1) is 10.8. The molecule has 1 aliphatic carbocycles. The van der Waals surface area contributed by atoms with Gasteiger partial charge >= 0.3 is 5.97 Å². The molecule has 0 aromatic carbocycles. The van der Waals surface area contributed by atoms with Crippen molar-refractivity contribution in [2.24, 2.45) is 5.41 Å². The lowest BCUT2D eigenvalue weighted by Gasteiger charge is -2.34. The van der Waals surface area contributed by atoms with Gasteiger partial charge in [-0.3, -0.25) is 19.8 Å². The van der Waals surface area contributed by atoms with Crippen molar-refractivity contribution in [2.75, 3.05) is 5.43 Å². The van der Waals surface area contributed by atoms with Gasteiger partial charge in [-0.15, -0.1) is 10.2 Å². The quantitative estimate of drug-likeness (QED) is 0.837. The van der Waals surface area contributed by atoms with E-state index in [-0.39, 0.29) is 29.7 Å². The van der Waals surface area contributed by atoms with Crippen LogP contribution in [0.25, 0.3) is 0 Å². The van der Waals surface area contributed by atoms with E-state index >= 15 is 0 Å². The van der Waals surface area contributed by atoms with Crippen molar-refractivity contribution in [1.29, 1.82) is 0 Å². The molecule has 0 atom stereocenters. The molecular formula is C14H16N4O4S. The Morgan fingerprint density at radius 2 is 2.09 bits per heavy atom. The van der Waals surface area contributed by atoms with Crippen molar-refractivity contribution in [3.8, 4) is 0 Å². The van der Waals surface area contributed by atoms with Crippen LogP contribution in [0.3, 0.4) is 0 Å². The Hall–Kier alpha value is -2.16. The van der Waals surface area contributed by atoms with Crippen LogP contribution in [0.15, 0.2) is 20.6 Å². The van der Waals surface area contributed by atoms with Gasteiger partial charge in [-0.1, -0.05) is 13.8 Å². The Bertz CT molecular complexity index is 796. The molecule has 0 bridgehead atoms. The normalized spacial score (nSPS) is 19.0. The molecule has 0 fully saturated rings. The molecule has 2 N–H and O–H groups in total. The third-order valence-corrected chi connectivity index (χ3v) is 4.86. The van der Waals surface area contributed by atoms with Crippen molar-refractivity contribution in [3.63, 3.8) is 0 Å². The summed E-state index contributed by atoms with van der Waals surface area (Å²) in [7, 11) is 0. The zero-order valence-electron chi connectivity index (χ0n) is 12.8. The zero-order chi connectivity index (χ0) is 16.8. The van der Waals surface area contributed by atoms with Crippen LogP contribution in [-0.2, 0) is 16.0 Å². The molecule has 1 aliphatic heterocycles. The second-order valence-corrected chi connectivity index (χ2v) is 7.40. The predicted molar refractivity (Wildman–Crippen MR) is 82.5 cm³/mol. The molecule has 0 saturated carbocycles. The molecule has 1 aromatic heterocycles. The number of nitrogens with one attached hydrogen (secondary N) is 1. The summed E-state index contributed by atoms with van der Waals surface area (Å²) in [5.41, 5.74) is 3.18. The van der Waals surface area contributed by atoms with E-state index in [0.717, 1.165) is 11.8 Å². The summed E-state index contributed by atoms with van der Waals surface area (Å²) < 4.78 is 1.25. The van der Waals surface area contributed by atoms with E-state index in [1.54, 1.807) is 0 Å². The van der Waals surface area contributed by atoms with Gasteiger partial charge in [0.25, 0.3) is 5.56 Å². The summed E-state index contributed by atoms with van der Waals surface area (Å²) in [4.78, 5) is 35.9. The molecular weight excluding hydrogens is 320 g/mol. The zero-order valence-corrected chi connectivity index (χ0v) is 13.6. The van der Waals surface area contributed by atoms with Crippen LogP contribution < -0.4 is 11.0 Å². The van der Waals surface area contributed by atoms with Crippen LogP contribution in [0.5, 0.6) is 0 Å². The molecule has 8 nitrogen and oxygen atoms in total. The van der Waals surface area contributed by atoms with E-state index in [1.165, 1.54) is 4.68 Å². The van der Waals surface area contributed by atoms with Crippen LogP contribution in [0.2, 0.25) is 0 Å². The van der Waals surface area contributed by atoms with E-state index < -0.39 is 11.5 Å². The number of aromatic nitrogens is 3. The number of ketones is 1. The SMILES string of the molecule is CC1(C)CC(=O)C2=C(C1)Nn1c(nnc(CCC(=O)O)c1=O)S2. The average molecular weight is 336 g/mol. The lowest BCUT2D eigenvalue weighted by molar-refractivity contribution is -0.137. The van der Waals surface area contributed by atoms with Crippen molar-refractivity contribution in [2.45, 2.75) is 44.7 Å². The molecule has 9 heteroatoms. The Morgan fingerprint density at radius 1 is 1.35 bits per heavy atom. The first kappa shape index (κ1) is 15.7. The van der Waals surface area contributed by atoms with Crippen LogP contribution in [0.4, 0.5) is 0 Å². The van der Waals surface area contributed by atoms with Gasteiger partial charge in [0.2, 0.25) is 5.16 Å². The summed E-state index contributed by atoms with van der Waals surface area (Å²) in [5.74, 6) is -0.968. The second-order valence-electron chi connectivity index (χ2n) is 6.43. The largest absolute Gasteiger partial charge is 0.481 e. The van der Waals surface area contributed by atoms with Gasteiger partial charge < -0.3 is 5.11 Å². The Balaban J connectivity index is 1.94. The van der Waals surface area contributed by atoms with Gasteiger partial charge in [0, 0.05) is 12.8 Å². The summed E-state index contributed by atoms with van der Waals surface area (Å²) in [6.45, 7) is 4.00. The smallest absolute Gasteiger partial charge is 0.303 e. The number of fused-ring (bicyclic) bond motifs is 1. The maximum Gasteiger partial charge on any atom is 0.303 e. The van der Waals surface area contributed by atoms with Crippen molar-refractivity contribution in [1.82, 2.24) is 14.9 Å². The number of carbonyl (C=O) groups excluding carboxylic acids is 1. The van der Waals surface area contributed by atoms with E-state index in [1.807, 2.05) is 13.8 Å². The number of carboxylic acids is 1. The Labute approximate surface area is 136 Å². The summed E-state index contributed by atoms with van der Waals surface area (Å²) in [5, 5.41) is 16.8. The molecule has 122 valence electrons. The number of rotatable bonds is 3. The minimum atomic E-state index is -0.999. The Morgan fingerprint density at radius 3 is 2.78 bits per heavy atom. The minimum Gasteiger partial charge on any atom is -0.481 e. The van der Waals surface area contributed by atoms with Gasteiger partial charge in [-0.25, -0.2) is 0 Å².